The van der Waals surface area contributed by atoms with Crippen molar-refractivity contribution >= 4 is 98.4 Å². The first-order valence-corrected chi connectivity index (χ1v) is 39.1. The van der Waals surface area contributed by atoms with Crippen molar-refractivity contribution in [1.82, 2.24) is 0 Å². The highest BCUT2D eigenvalue weighted by molar-refractivity contribution is 7.78. The molecule has 1 saturated carbocycles. The molecule has 10 aromatic rings. The molecule has 0 bridgehead atoms. The van der Waals surface area contributed by atoms with E-state index in [0.717, 1.165) is 49.7 Å². The summed E-state index contributed by atoms with van der Waals surface area (Å²) in [6.45, 7) is 18.9. The van der Waals surface area contributed by atoms with Gasteiger partial charge in [-0.15, -0.1) is 0 Å². The zero-order valence-electron chi connectivity index (χ0n) is 54.5. The Hall–Kier alpha value is -7.12. The number of hydrogen-bond acceptors (Lipinski definition) is 0. The predicted octanol–water partition coefficient (Wildman–Crippen LogP) is 21.1. The van der Waals surface area contributed by atoms with E-state index in [1.807, 2.05) is 12.2 Å². The minimum absolute atomic E-state index is 0.0307. The van der Waals surface area contributed by atoms with Crippen LogP contribution in [0.15, 0.2) is 316 Å². The zero-order valence-corrected chi connectivity index (χ0v) is 58.1. The predicted molar refractivity (Wildman–Crippen MR) is 414 cm³/mol. The summed E-state index contributed by atoms with van der Waals surface area (Å²) in [6, 6.07) is 111. The normalized spacial score (nSPS) is 16.9. The van der Waals surface area contributed by atoms with Crippen LogP contribution in [0.5, 0.6) is 0 Å². The molecule has 6 unspecified atom stereocenters. The van der Waals surface area contributed by atoms with Gasteiger partial charge in [0, 0.05) is 0 Å². The van der Waals surface area contributed by atoms with Gasteiger partial charge in [-0.2, -0.15) is 0 Å². The van der Waals surface area contributed by atoms with Crippen LogP contribution < -0.4 is 42.4 Å². The van der Waals surface area contributed by atoms with Gasteiger partial charge in [-0.3, -0.25) is 0 Å². The molecule has 0 saturated heterocycles. The van der Waals surface area contributed by atoms with E-state index in [1.165, 1.54) is 66.4 Å². The van der Waals surface area contributed by atoms with Crippen molar-refractivity contribution in [3.63, 3.8) is 0 Å². The number of benzene rings is 10. The van der Waals surface area contributed by atoms with Crippen molar-refractivity contribution in [3.8, 4) is 0 Å². The van der Waals surface area contributed by atoms with E-state index in [1.54, 1.807) is 0 Å². The lowest BCUT2D eigenvalue weighted by Gasteiger charge is -2.48. The van der Waals surface area contributed by atoms with Gasteiger partial charge < -0.3 is 0 Å². The van der Waals surface area contributed by atoms with Crippen LogP contribution in [0, 0.1) is 22.7 Å². The maximum atomic E-state index is 4.06. The van der Waals surface area contributed by atoms with Gasteiger partial charge in [0.05, 0.1) is 0 Å². The first kappa shape index (κ1) is 66.3. The lowest BCUT2D eigenvalue weighted by atomic mass is 9.61. The molecule has 0 amide bonds. The van der Waals surface area contributed by atoms with E-state index in [0.29, 0.717) is 34.5 Å². The molecule has 4 heteroatoms. The molecule has 92 heavy (non-hydrogen) atoms. The van der Waals surface area contributed by atoms with Crippen molar-refractivity contribution in [2.45, 2.75) is 102 Å². The fourth-order valence-electron chi connectivity index (χ4n) is 14.7. The monoisotopic (exact) mass is 1270 g/mol. The number of allylic oxidation sites excluding steroid dienone is 2. The van der Waals surface area contributed by atoms with Crippen molar-refractivity contribution in [1.29, 1.82) is 0 Å². The van der Waals surface area contributed by atoms with E-state index in [9.17, 15) is 0 Å². The molecular weight excluding hydrogens is 1180 g/mol. The van der Waals surface area contributed by atoms with Gasteiger partial charge in [-0.1, -0.05) is 368 Å². The first-order valence-electron chi connectivity index (χ1n) is 33.4. The van der Waals surface area contributed by atoms with Crippen molar-refractivity contribution in [2.75, 3.05) is 0 Å². The van der Waals surface area contributed by atoms with Gasteiger partial charge in [0.25, 0.3) is 0 Å². The summed E-state index contributed by atoms with van der Waals surface area (Å²) in [7, 11) is -3.13. The van der Waals surface area contributed by atoms with Gasteiger partial charge in [-0.05, 0) is 193 Å². The van der Waals surface area contributed by atoms with Crippen LogP contribution in [0.4, 0.5) is 0 Å². The molecule has 1 fully saturated rings. The van der Waals surface area contributed by atoms with Gasteiger partial charge in [0.15, 0.2) is 0 Å². The molecule has 1 aliphatic carbocycles. The Balaban J connectivity index is 1.09. The van der Waals surface area contributed by atoms with Gasteiger partial charge >= 0.3 is 0 Å². The van der Waals surface area contributed by atoms with Crippen LogP contribution in [0.2, 0.25) is 0 Å². The molecule has 0 nitrogen and oxygen atoms in total. The largest absolute Gasteiger partial charge is 0.0985 e. The quantitative estimate of drug-likeness (QED) is 0.0410. The molecule has 0 heterocycles. The molecule has 0 aromatic heterocycles. The minimum atomic E-state index is -0.844. The second-order valence-corrected chi connectivity index (χ2v) is 36.1. The van der Waals surface area contributed by atoms with Crippen LogP contribution >= 0.6 is 31.7 Å². The molecule has 11 rings (SSSR count). The highest BCUT2D eigenvalue weighted by Gasteiger charge is 2.51. The summed E-state index contributed by atoms with van der Waals surface area (Å²) >= 11 is 0. The smallest absolute Gasteiger partial charge is 0.00521 e. The van der Waals surface area contributed by atoms with E-state index in [4.69, 9.17) is 0 Å². The van der Waals surface area contributed by atoms with E-state index < -0.39 is 31.7 Å². The highest BCUT2D eigenvalue weighted by Crippen LogP contribution is 2.64. The maximum absolute atomic E-state index is 4.06. The summed E-state index contributed by atoms with van der Waals surface area (Å²) in [5.41, 5.74) is 6.34. The summed E-state index contributed by atoms with van der Waals surface area (Å²) < 4.78 is 0. The Morgan fingerprint density at radius 3 is 1.00 bits per heavy atom. The molecule has 0 N–H and O–H groups in total. The second-order valence-electron chi connectivity index (χ2n) is 26.2. The maximum Gasteiger partial charge on any atom is -0.00521 e. The fourth-order valence-corrected chi connectivity index (χ4v) is 27.9. The number of rotatable bonds is 29. The average Bonchev–Trinajstić information content (AvgIpc) is 1.67. The van der Waals surface area contributed by atoms with Gasteiger partial charge in [-0.25, -0.2) is 0 Å². The Kier molecular flexibility index (Phi) is 23.5. The van der Waals surface area contributed by atoms with Crippen LogP contribution in [0.1, 0.15) is 101 Å². The lowest BCUT2D eigenvalue weighted by Crippen LogP contribution is -2.40. The fraction of sp³-hybridized carbons (Fsp3) is 0.227. The van der Waals surface area contributed by atoms with Gasteiger partial charge in [0.1, 0.15) is 0 Å². The molecule has 0 spiro atoms. The van der Waals surface area contributed by atoms with Crippen LogP contribution in [0.25, 0.3) is 24.3 Å². The van der Waals surface area contributed by atoms with E-state index in [-0.39, 0.29) is 10.8 Å². The van der Waals surface area contributed by atoms with Crippen LogP contribution in [-0.2, 0) is 0 Å². The topological polar surface area (TPSA) is 0 Å². The molecule has 464 valence electrons. The Labute approximate surface area is 557 Å². The first-order chi connectivity index (χ1) is 45.1. The van der Waals surface area contributed by atoms with Gasteiger partial charge in [0.2, 0.25) is 0 Å². The van der Waals surface area contributed by atoms with Crippen molar-refractivity contribution < 1.29 is 0 Å². The average molecular weight is 1270 g/mol. The number of hydrogen-bond donors (Lipinski definition) is 0. The van der Waals surface area contributed by atoms with Crippen LogP contribution in [0.3, 0.4) is 0 Å². The molecule has 0 radical (unpaired) electrons. The standard InChI is InChI=1S/C88H92P4/c1-7-70-55-59-72(60-56-70)37-33-35-63-87(4,5)75(67-84(90(78-43-21-11-22-44-78)79-45-23-12-24-46-79)69(3)89(76-39-17-9-18-40-76)77-41-19-10-20-42-77)68-88(6,64-36-34-38-73-61-57-71(8-2)58-62-73)74-65-85(91(80-47-25-13-26-48-80)81-49-27-14-28-50-81)86(66-74)92(82-51-29-15-30-52-82)83-53-31-16-32-54-83/h7-34,37-62,69,74-75,84-86H,1-2,35-36,63-68H2,3-6H3/b37-33+,38-34+. The summed E-state index contributed by atoms with van der Waals surface area (Å²) in [5, 5.41) is 11.9. The molecular formula is C88H92P4. The zero-order chi connectivity index (χ0) is 63.5. The molecule has 10 aromatic carbocycles. The third-order valence-electron chi connectivity index (χ3n) is 19.9. The third-order valence-corrected chi connectivity index (χ3v) is 32.1. The second kappa shape index (κ2) is 32.6. The molecule has 0 aliphatic heterocycles. The van der Waals surface area contributed by atoms with E-state index in [2.05, 4.69) is 356 Å². The van der Waals surface area contributed by atoms with Crippen LogP contribution in [-0.4, -0.2) is 22.6 Å². The summed E-state index contributed by atoms with van der Waals surface area (Å²) in [5.74, 6) is 0.847. The van der Waals surface area contributed by atoms with E-state index >= 15 is 0 Å². The summed E-state index contributed by atoms with van der Waals surface area (Å²) in [4.78, 5) is 0. The Bertz CT molecular complexity index is 3630. The molecule has 1 aliphatic rings. The highest BCUT2D eigenvalue weighted by atomic mass is 31.1. The third kappa shape index (κ3) is 16.8. The minimum Gasteiger partial charge on any atom is -0.0985 e. The Morgan fingerprint density at radius 2 is 0.674 bits per heavy atom. The molecule has 6 atom stereocenters. The SMILES string of the molecule is C=Cc1ccc(/C=C/CCC(C)(C)C(CC(C(C)P(c2ccccc2)c2ccccc2)P(c2ccccc2)c2ccccc2)CC(C)(CC/C=C/c2ccc(C=C)cc2)C2CC(P(c3ccccc3)c3ccccc3)C(P(c3ccccc3)c3ccccc3)C2)cc1. The van der Waals surface area contributed by atoms with Crippen molar-refractivity contribution in [3.05, 3.63) is 339 Å². The summed E-state index contributed by atoms with van der Waals surface area (Å²) in [6.07, 6.45) is 22.5. The Morgan fingerprint density at radius 1 is 0.380 bits per heavy atom. The van der Waals surface area contributed by atoms with Crippen molar-refractivity contribution in [2.24, 2.45) is 22.7 Å². The lowest BCUT2D eigenvalue weighted by molar-refractivity contribution is 0.0656.